The third-order valence-electron chi connectivity index (χ3n) is 5.03. The Labute approximate surface area is 206 Å². The number of carbonyl (C=O) groups excluding carboxylic acids is 1. The van der Waals surface area contributed by atoms with Crippen molar-refractivity contribution >= 4 is 46.7 Å². The molecule has 0 spiro atoms. The molecule has 0 atom stereocenters. The highest BCUT2D eigenvalue weighted by molar-refractivity contribution is 7.99. The number of aromatic nitrogens is 4. The zero-order chi connectivity index (χ0) is 23.5. The first-order valence-corrected chi connectivity index (χ1v) is 11.9. The first-order valence-electron chi connectivity index (χ1n) is 10.2. The van der Waals surface area contributed by atoms with Gasteiger partial charge in [-0.05, 0) is 38.5 Å². The number of rotatable bonds is 6. The number of hydrogen-bond donors (Lipinski definition) is 1. The average Bonchev–Trinajstić information content (AvgIpc) is 3.23. The van der Waals surface area contributed by atoms with Crippen LogP contribution in [-0.2, 0) is 4.79 Å². The van der Waals surface area contributed by atoms with Gasteiger partial charge in [0.25, 0.3) is 0 Å². The van der Waals surface area contributed by atoms with Gasteiger partial charge in [0, 0.05) is 17.4 Å². The maximum absolute atomic E-state index is 12.6. The maximum atomic E-state index is 12.6. The monoisotopic (exact) mass is 497 g/mol. The van der Waals surface area contributed by atoms with E-state index in [2.05, 4.69) is 20.5 Å². The smallest absolute Gasteiger partial charge is 0.236 e. The molecule has 0 aliphatic heterocycles. The van der Waals surface area contributed by atoms with Crippen molar-refractivity contribution in [1.29, 1.82) is 0 Å². The summed E-state index contributed by atoms with van der Waals surface area (Å²) in [5.41, 5.74) is 4.84. The topological polar surface area (TPSA) is 72.7 Å². The fourth-order valence-electron chi connectivity index (χ4n) is 3.12. The predicted octanol–water partition coefficient (Wildman–Crippen LogP) is 6.29. The number of nitrogens with zero attached hydrogens (tertiary/aromatic N) is 4. The van der Waals surface area contributed by atoms with Crippen molar-refractivity contribution in [2.45, 2.75) is 25.9 Å². The fraction of sp³-hybridized carbons (Fsp3) is 0.167. The van der Waals surface area contributed by atoms with Crippen molar-refractivity contribution in [1.82, 2.24) is 19.7 Å². The summed E-state index contributed by atoms with van der Waals surface area (Å²) in [6.07, 6.45) is 1.47. The number of benzene rings is 2. The number of carbonyl (C=O) groups is 1. The van der Waals surface area contributed by atoms with Gasteiger partial charge in [-0.15, -0.1) is 10.2 Å². The summed E-state index contributed by atoms with van der Waals surface area (Å²) in [6.45, 7) is 5.85. The van der Waals surface area contributed by atoms with Crippen LogP contribution in [0, 0.1) is 20.8 Å². The highest BCUT2D eigenvalue weighted by Crippen LogP contribution is 2.30. The molecule has 0 fully saturated rings. The summed E-state index contributed by atoms with van der Waals surface area (Å²) in [7, 11) is 0. The van der Waals surface area contributed by atoms with Crippen LogP contribution in [0.2, 0.25) is 10.0 Å². The number of pyridine rings is 1. The molecule has 9 heteroatoms. The standard InChI is InChI=1S/C24H21Cl2N5OS/c1-14-4-8-17(9-5-14)23-29-30-24(31(23)18-10-6-15(2)7-11-18)33-13-20(32)28-22-21(26)16(3)19(25)12-27-22/h4-12H,13H2,1-3H3,(H,27,28,32). The molecule has 0 saturated carbocycles. The second-order valence-corrected chi connectivity index (χ2v) is 9.30. The molecule has 33 heavy (non-hydrogen) atoms. The summed E-state index contributed by atoms with van der Waals surface area (Å²) in [4.78, 5) is 16.7. The molecule has 0 bridgehead atoms. The number of amides is 1. The van der Waals surface area contributed by atoms with Gasteiger partial charge in [-0.1, -0.05) is 82.5 Å². The summed E-state index contributed by atoms with van der Waals surface area (Å²) >= 11 is 13.6. The van der Waals surface area contributed by atoms with Crippen molar-refractivity contribution < 1.29 is 4.79 Å². The van der Waals surface area contributed by atoms with E-state index in [1.807, 2.05) is 66.9 Å². The van der Waals surface area contributed by atoms with Gasteiger partial charge in [0.05, 0.1) is 15.8 Å². The lowest BCUT2D eigenvalue weighted by molar-refractivity contribution is -0.113. The highest BCUT2D eigenvalue weighted by atomic mass is 35.5. The van der Waals surface area contributed by atoms with Gasteiger partial charge in [-0.25, -0.2) is 4.98 Å². The Hall–Kier alpha value is -2.87. The Morgan fingerprint density at radius 3 is 2.27 bits per heavy atom. The van der Waals surface area contributed by atoms with Crippen molar-refractivity contribution in [3.05, 3.63) is 81.5 Å². The van der Waals surface area contributed by atoms with Gasteiger partial charge in [0.1, 0.15) is 0 Å². The van der Waals surface area contributed by atoms with E-state index in [0.29, 0.717) is 26.6 Å². The van der Waals surface area contributed by atoms with Crippen LogP contribution in [0.5, 0.6) is 0 Å². The normalized spacial score (nSPS) is 10.9. The van der Waals surface area contributed by atoms with Gasteiger partial charge in [0.2, 0.25) is 5.91 Å². The largest absolute Gasteiger partial charge is 0.309 e. The molecule has 6 nitrogen and oxygen atoms in total. The Balaban J connectivity index is 1.60. The number of thioether (sulfide) groups is 1. The van der Waals surface area contributed by atoms with Gasteiger partial charge in [0.15, 0.2) is 16.8 Å². The fourth-order valence-corrected chi connectivity index (χ4v) is 4.26. The quantitative estimate of drug-likeness (QED) is 0.316. The van der Waals surface area contributed by atoms with Crippen molar-refractivity contribution in [3.8, 4) is 17.1 Å². The first-order chi connectivity index (χ1) is 15.8. The zero-order valence-corrected chi connectivity index (χ0v) is 20.6. The SMILES string of the molecule is Cc1ccc(-c2nnc(SCC(=O)Nc3ncc(Cl)c(C)c3Cl)n2-c2ccc(C)cc2)cc1. The molecule has 1 amide bonds. The second kappa shape index (κ2) is 9.95. The number of aryl methyl sites for hydroxylation is 2. The van der Waals surface area contributed by atoms with Crippen molar-refractivity contribution in [2.75, 3.05) is 11.1 Å². The van der Waals surface area contributed by atoms with E-state index in [-0.39, 0.29) is 17.5 Å². The van der Waals surface area contributed by atoms with E-state index in [1.54, 1.807) is 6.92 Å². The summed E-state index contributed by atoms with van der Waals surface area (Å²) in [6, 6.07) is 16.2. The van der Waals surface area contributed by atoms with Crippen LogP contribution < -0.4 is 5.32 Å². The molecule has 0 aliphatic carbocycles. The van der Waals surface area contributed by atoms with E-state index in [0.717, 1.165) is 22.4 Å². The Morgan fingerprint density at radius 1 is 0.970 bits per heavy atom. The Bertz CT molecular complexity index is 1300. The van der Waals surface area contributed by atoms with Crippen LogP contribution in [0.3, 0.4) is 0 Å². The number of anilines is 1. The van der Waals surface area contributed by atoms with Crippen LogP contribution in [0.15, 0.2) is 59.9 Å². The number of halogens is 2. The lowest BCUT2D eigenvalue weighted by Crippen LogP contribution is -2.16. The molecular formula is C24H21Cl2N5OS. The predicted molar refractivity (Wildman–Crippen MR) is 135 cm³/mol. The van der Waals surface area contributed by atoms with E-state index >= 15 is 0 Å². The van der Waals surface area contributed by atoms with Gasteiger partial charge in [-0.2, -0.15) is 0 Å². The zero-order valence-electron chi connectivity index (χ0n) is 18.3. The first kappa shape index (κ1) is 23.3. The summed E-state index contributed by atoms with van der Waals surface area (Å²) < 4.78 is 1.96. The maximum Gasteiger partial charge on any atom is 0.236 e. The molecule has 0 unspecified atom stereocenters. The van der Waals surface area contributed by atoms with E-state index < -0.39 is 0 Å². The van der Waals surface area contributed by atoms with Crippen LogP contribution in [0.1, 0.15) is 16.7 Å². The van der Waals surface area contributed by atoms with E-state index in [9.17, 15) is 4.79 Å². The van der Waals surface area contributed by atoms with Gasteiger partial charge < -0.3 is 5.32 Å². The van der Waals surface area contributed by atoms with E-state index in [1.165, 1.54) is 18.0 Å². The molecule has 1 N–H and O–H groups in total. The molecule has 0 radical (unpaired) electrons. The molecule has 4 aromatic rings. The lowest BCUT2D eigenvalue weighted by atomic mass is 10.1. The Kier molecular flexibility index (Phi) is 7.02. The Morgan fingerprint density at radius 2 is 1.61 bits per heavy atom. The van der Waals surface area contributed by atoms with Crippen molar-refractivity contribution in [2.24, 2.45) is 0 Å². The summed E-state index contributed by atoms with van der Waals surface area (Å²) in [5, 5.41) is 12.9. The van der Waals surface area contributed by atoms with Gasteiger partial charge >= 0.3 is 0 Å². The highest BCUT2D eigenvalue weighted by Gasteiger charge is 2.18. The van der Waals surface area contributed by atoms with Crippen LogP contribution in [0.25, 0.3) is 17.1 Å². The minimum atomic E-state index is -0.258. The molecular weight excluding hydrogens is 477 g/mol. The molecule has 0 aliphatic rings. The minimum Gasteiger partial charge on any atom is -0.309 e. The average molecular weight is 498 g/mol. The van der Waals surface area contributed by atoms with Crippen LogP contribution >= 0.6 is 35.0 Å². The second-order valence-electron chi connectivity index (χ2n) is 7.57. The van der Waals surface area contributed by atoms with Crippen LogP contribution in [-0.4, -0.2) is 31.4 Å². The van der Waals surface area contributed by atoms with Gasteiger partial charge in [-0.3, -0.25) is 9.36 Å². The molecule has 2 aromatic carbocycles. The third-order valence-corrected chi connectivity index (χ3v) is 6.80. The summed E-state index contributed by atoms with van der Waals surface area (Å²) in [5.74, 6) is 0.841. The molecule has 2 heterocycles. The molecule has 4 rings (SSSR count). The van der Waals surface area contributed by atoms with E-state index in [4.69, 9.17) is 23.2 Å². The molecule has 0 saturated heterocycles. The van der Waals surface area contributed by atoms with Crippen molar-refractivity contribution in [3.63, 3.8) is 0 Å². The van der Waals surface area contributed by atoms with Crippen LogP contribution in [0.4, 0.5) is 5.82 Å². The third kappa shape index (κ3) is 5.21. The lowest BCUT2D eigenvalue weighted by Gasteiger charge is -2.11. The molecule has 168 valence electrons. The molecule has 2 aromatic heterocycles. The minimum absolute atomic E-state index is 0.109. The number of nitrogens with one attached hydrogen (secondary N) is 1. The number of hydrogen-bond acceptors (Lipinski definition) is 5.